The zero-order valence-electron chi connectivity index (χ0n) is 16.9. The van der Waals surface area contributed by atoms with Crippen molar-refractivity contribution < 1.29 is 14.4 Å². The van der Waals surface area contributed by atoms with Gasteiger partial charge in [-0.25, -0.2) is 0 Å². The first-order valence-corrected chi connectivity index (χ1v) is 10.7. The summed E-state index contributed by atoms with van der Waals surface area (Å²) in [6.07, 6.45) is 3.29. The summed E-state index contributed by atoms with van der Waals surface area (Å²) in [4.78, 5) is 40.9. The van der Waals surface area contributed by atoms with Gasteiger partial charge >= 0.3 is 0 Å². The molecule has 5 rings (SSSR count). The Labute approximate surface area is 170 Å². The predicted octanol–water partition coefficient (Wildman–Crippen LogP) is 1.02. The molecular formula is C22H28N4O3. The van der Waals surface area contributed by atoms with Crippen LogP contribution in [0.25, 0.3) is 0 Å². The van der Waals surface area contributed by atoms with E-state index in [9.17, 15) is 14.4 Å². The van der Waals surface area contributed by atoms with Gasteiger partial charge in [0.2, 0.25) is 11.8 Å². The largest absolute Gasteiger partial charge is 0.322 e. The van der Waals surface area contributed by atoms with E-state index in [1.165, 1.54) is 12.8 Å². The average molecular weight is 396 g/mol. The molecule has 1 aromatic carbocycles. The Kier molecular flexibility index (Phi) is 4.47. The molecule has 2 unspecified atom stereocenters. The highest BCUT2D eigenvalue weighted by molar-refractivity contribution is 6.05. The molecule has 0 aromatic heterocycles. The number of piperidine rings is 1. The van der Waals surface area contributed by atoms with Crippen LogP contribution < -0.4 is 10.6 Å². The standard InChI is InChI=1S/C22H28N4O3/c1-22(16-4-5-16)13-23-8-9-25(22)11-14-2-3-15-12-26(21(29)17(15)10-14)18-6-7-19(27)24-20(18)28/h2-3,10,16,18,23H,4-9,11-13H2,1H3,(H,24,27,28). The summed E-state index contributed by atoms with van der Waals surface area (Å²) in [5.74, 6) is 0.0482. The lowest BCUT2D eigenvalue weighted by molar-refractivity contribution is -0.136. The fraction of sp³-hybridized carbons (Fsp3) is 0.591. The van der Waals surface area contributed by atoms with E-state index < -0.39 is 6.04 Å². The third kappa shape index (κ3) is 3.26. The van der Waals surface area contributed by atoms with Crippen LogP contribution in [0.2, 0.25) is 0 Å². The number of imide groups is 1. The zero-order valence-corrected chi connectivity index (χ0v) is 16.9. The van der Waals surface area contributed by atoms with Crippen molar-refractivity contribution in [3.8, 4) is 0 Å². The molecule has 3 fully saturated rings. The van der Waals surface area contributed by atoms with Crippen LogP contribution in [0, 0.1) is 5.92 Å². The number of carbonyl (C=O) groups is 3. The van der Waals surface area contributed by atoms with Crippen LogP contribution in [0.15, 0.2) is 18.2 Å². The summed E-state index contributed by atoms with van der Waals surface area (Å²) in [7, 11) is 0. The minimum atomic E-state index is -0.553. The van der Waals surface area contributed by atoms with Gasteiger partial charge in [-0.15, -0.1) is 0 Å². The van der Waals surface area contributed by atoms with E-state index in [0.717, 1.165) is 43.2 Å². The first kappa shape index (κ1) is 18.8. The fourth-order valence-electron chi connectivity index (χ4n) is 5.21. The van der Waals surface area contributed by atoms with E-state index in [1.54, 1.807) is 4.90 Å². The Morgan fingerprint density at radius 3 is 2.76 bits per heavy atom. The van der Waals surface area contributed by atoms with Crippen molar-refractivity contribution in [3.63, 3.8) is 0 Å². The number of fused-ring (bicyclic) bond motifs is 1. The normalized spacial score (nSPS) is 30.4. The molecule has 0 radical (unpaired) electrons. The van der Waals surface area contributed by atoms with E-state index in [2.05, 4.69) is 28.5 Å². The number of hydrogen-bond donors (Lipinski definition) is 2. The summed E-state index contributed by atoms with van der Waals surface area (Å²) < 4.78 is 0. The van der Waals surface area contributed by atoms with Gasteiger partial charge in [-0.05, 0) is 49.3 Å². The van der Waals surface area contributed by atoms with Crippen molar-refractivity contribution in [1.82, 2.24) is 20.4 Å². The molecule has 1 aromatic rings. The van der Waals surface area contributed by atoms with Gasteiger partial charge < -0.3 is 10.2 Å². The molecule has 3 amide bonds. The number of hydrogen-bond acceptors (Lipinski definition) is 5. The van der Waals surface area contributed by atoms with Crippen molar-refractivity contribution in [2.75, 3.05) is 19.6 Å². The zero-order chi connectivity index (χ0) is 20.2. The number of amides is 3. The van der Waals surface area contributed by atoms with Crippen LogP contribution in [-0.2, 0) is 22.7 Å². The van der Waals surface area contributed by atoms with E-state index >= 15 is 0 Å². The van der Waals surface area contributed by atoms with Gasteiger partial charge in [0.15, 0.2) is 0 Å². The van der Waals surface area contributed by atoms with Crippen LogP contribution in [-0.4, -0.2) is 58.7 Å². The Bertz CT molecular complexity index is 881. The van der Waals surface area contributed by atoms with Gasteiger partial charge in [-0.2, -0.15) is 0 Å². The molecule has 1 saturated carbocycles. The predicted molar refractivity (Wildman–Crippen MR) is 107 cm³/mol. The lowest BCUT2D eigenvalue weighted by Gasteiger charge is -2.46. The SMILES string of the molecule is CC1(C2CC2)CNCCN1Cc1ccc2c(c1)C(=O)N(C1CCC(=O)NC1=O)C2. The summed E-state index contributed by atoms with van der Waals surface area (Å²) >= 11 is 0. The fourth-order valence-corrected chi connectivity index (χ4v) is 5.21. The van der Waals surface area contributed by atoms with Crippen molar-refractivity contribution in [2.45, 2.75) is 57.3 Å². The highest BCUT2D eigenvalue weighted by Gasteiger charge is 2.46. The topological polar surface area (TPSA) is 81.8 Å². The minimum absolute atomic E-state index is 0.0957. The molecule has 1 aliphatic carbocycles. The molecule has 3 aliphatic heterocycles. The molecule has 154 valence electrons. The van der Waals surface area contributed by atoms with E-state index in [4.69, 9.17) is 0 Å². The second-order valence-corrected chi connectivity index (χ2v) is 9.12. The van der Waals surface area contributed by atoms with Gasteiger partial charge in [0.1, 0.15) is 6.04 Å². The molecule has 7 heteroatoms. The number of benzene rings is 1. The first-order valence-electron chi connectivity index (χ1n) is 10.7. The van der Waals surface area contributed by atoms with Gasteiger partial charge in [0, 0.05) is 50.2 Å². The van der Waals surface area contributed by atoms with Crippen LogP contribution in [0.5, 0.6) is 0 Å². The number of carbonyl (C=O) groups excluding carboxylic acids is 3. The maximum absolute atomic E-state index is 13.1. The summed E-state index contributed by atoms with van der Waals surface area (Å²) in [5, 5.41) is 5.91. The van der Waals surface area contributed by atoms with Gasteiger partial charge in [0.25, 0.3) is 5.91 Å². The van der Waals surface area contributed by atoms with Crippen LogP contribution in [0.4, 0.5) is 0 Å². The van der Waals surface area contributed by atoms with Gasteiger partial charge in [-0.1, -0.05) is 12.1 Å². The molecule has 3 heterocycles. The quantitative estimate of drug-likeness (QED) is 0.743. The second-order valence-electron chi connectivity index (χ2n) is 9.12. The van der Waals surface area contributed by atoms with E-state index in [-0.39, 0.29) is 29.7 Å². The van der Waals surface area contributed by atoms with Crippen molar-refractivity contribution in [2.24, 2.45) is 5.92 Å². The van der Waals surface area contributed by atoms with Gasteiger partial charge in [-0.3, -0.25) is 24.6 Å². The summed E-state index contributed by atoms with van der Waals surface area (Å²) in [5.41, 5.74) is 3.00. The number of piperazine rings is 1. The van der Waals surface area contributed by atoms with Crippen molar-refractivity contribution in [3.05, 3.63) is 34.9 Å². The highest BCUT2D eigenvalue weighted by Crippen LogP contribution is 2.44. The average Bonchev–Trinajstić information content (AvgIpc) is 3.50. The summed E-state index contributed by atoms with van der Waals surface area (Å²) in [6, 6.07) is 5.61. The Hall–Kier alpha value is -2.25. The second kappa shape index (κ2) is 6.92. The molecule has 0 bridgehead atoms. The summed E-state index contributed by atoms with van der Waals surface area (Å²) in [6.45, 7) is 6.67. The Morgan fingerprint density at radius 2 is 2.00 bits per heavy atom. The molecule has 7 nitrogen and oxygen atoms in total. The van der Waals surface area contributed by atoms with Crippen LogP contribution in [0.1, 0.15) is 54.1 Å². The maximum Gasteiger partial charge on any atom is 0.255 e. The Morgan fingerprint density at radius 1 is 1.17 bits per heavy atom. The smallest absolute Gasteiger partial charge is 0.255 e. The maximum atomic E-state index is 13.1. The van der Waals surface area contributed by atoms with E-state index in [1.807, 2.05) is 12.1 Å². The van der Waals surface area contributed by atoms with Crippen LogP contribution in [0.3, 0.4) is 0 Å². The molecule has 29 heavy (non-hydrogen) atoms. The lowest BCUT2D eigenvalue weighted by Crippen LogP contribution is -2.60. The molecular weight excluding hydrogens is 368 g/mol. The number of nitrogens with zero attached hydrogens (tertiary/aromatic N) is 2. The lowest BCUT2D eigenvalue weighted by atomic mass is 9.90. The van der Waals surface area contributed by atoms with Crippen molar-refractivity contribution in [1.29, 1.82) is 0 Å². The molecule has 2 atom stereocenters. The molecule has 2 saturated heterocycles. The highest BCUT2D eigenvalue weighted by atomic mass is 16.2. The monoisotopic (exact) mass is 396 g/mol. The minimum Gasteiger partial charge on any atom is -0.322 e. The Balaban J connectivity index is 1.34. The first-order chi connectivity index (χ1) is 14.0. The van der Waals surface area contributed by atoms with Crippen LogP contribution >= 0.6 is 0 Å². The number of rotatable bonds is 4. The number of nitrogens with one attached hydrogen (secondary N) is 2. The third-order valence-corrected chi connectivity index (χ3v) is 7.19. The molecule has 2 N–H and O–H groups in total. The molecule has 0 spiro atoms. The van der Waals surface area contributed by atoms with E-state index in [0.29, 0.717) is 18.5 Å². The van der Waals surface area contributed by atoms with Crippen molar-refractivity contribution >= 4 is 17.7 Å². The molecule has 4 aliphatic rings. The third-order valence-electron chi connectivity index (χ3n) is 7.19. The van der Waals surface area contributed by atoms with Gasteiger partial charge in [0.05, 0.1) is 0 Å².